The van der Waals surface area contributed by atoms with Gasteiger partial charge < -0.3 is 15.5 Å². The van der Waals surface area contributed by atoms with Gasteiger partial charge in [-0.1, -0.05) is 60.1 Å². The molecule has 4 heterocycles. The second kappa shape index (κ2) is 13.8. The number of aryl methyl sites for hydroxylation is 1. The van der Waals surface area contributed by atoms with Crippen LogP contribution in [0.1, 0.15) is 67.1 Å². The molecule has 1 saturated heterocycles. The maximum Gasteiger partial charge on any atom is 0.110 e. The van der Waals surface area contributed by atoms with E-state index < -0.39 is 0 Å². The van der Waals surface area contributed by atoms with E-state index >= 15 is 0 Å². The first-order chi connectivity index (χ1) is 21.6. The number of halogens is 1. The molecular formula is C34H36ClN9. The summed E-state index contributed by atoms with van der Waals surface area (Å²) in [5, 5.41) is 27.6. The Hall–Kier alpha value is -4.52. The largest absolute Gasteiger partial charge is 0.377 e. The summed E-state index contributed by atoms with van der Waals surface area (Å²) in [5.41, 5.74) is 5.44. The van der Waals surface area contributed by atoms with E-state index in [-0.39, 0.29) is 12.1 Å². The third-order valence-corrected chi connectivity index (χ3v) is 8.50. The van der Waals surface area contributed by atoms with E-state index in [1.807, 2.05) is 59.5 Å². The fourth-order valence-corrected chi connectivity index (χ4v) is 6.19. The molecule has 6 rings (SSSR count). The molecule has 224 valence electrons. The number of fused-ring (bicyclic) bond motifs is 1. The van der Waals surface area contributed by atoms with Crippen molar-refractivity contribution < 1.29 is 0 Å². The SMILES string of the molecule is CC[C@@H](Nc1c(C#N)cnc2c(Cl)cc(N[C@@H](c3cccnc3)c3cn(CCCN4CCCC4)nn3)cc12)c1ccccc1. The number of hydrogen-bond acceptors (Lipinski definition) is 8. The predicted molar refractivity (Wildman–Crippen MR) is 175 cm³/mol. The number of nitrogens with one attached hydrogen (secondary N) is 2. The lowest BCUT2D eigenvalue weighted by Gasteiger charge is -2.22. The lowest BCUT2D eigenvalue weighted by molar-refractivity contribution is 0.321. The third-order valence-electron chi connectivity index (χ3n) is 8.22. The van der Waals surface area contributed by atoms with E-state index in [9.17, 15) is 5.26 Å². The molecule has 0 amide bonds. The molecule has 0 aliphatic carbocycles. The predicted octanol–water partition coefficient (Wildman–Crippen LogP) is 7.00. The van der Waals surface area contributed by atoms with E-state index in [1.165, 1.54) is 25.9 Å². The van der Waals surface area contributed by atoms with Crippen molar-refractivity contribution in [1.29, 1.82) is 5.26 Å². The van der Waals surface area contributed by atoms with E-state index in [0.717, 1.165) is 53.8 Å². The van der Waals surface area contributed by atoms with Crippen LogP contribution in [-0.2, 0) is 6.54 Å². The maximum atomic E-state index is 10.0. The molecule has 1 fully saturated rings. The average Bonchev–Trinajstić information content (AvgIpc) is 3.76. The average molecular weight is 606 g/mol. The molecule has 5 aromatic rings. The first-order valence-corrected chi connectivity index (χ1v) is 15.6. The number of pyridine rings is 2. The van der Waals surface area contributed by atoms with Crippen molar-refractivity contribution in [2.45, 2.75) is 51.2 Å². The Morgan fingerprint density at radius 3 is 2.57 bits per heavy atom. The summed E-state index contributed by atoms with van der Waals surface area (Å²) in [4.78, 5) is 11.4. The zero-order valence-electron chi connectivity index (χ0n) is 24.8. The summed E-state index contributed by atoms with van der Waals surface area (Å²) in [6.07, 6.45) is 11.6. The summed E-state index contributed by atoms with van der Waals surface area (Å²) in [6.45, 7) is 6.39. The molecule has 0 saturated carbocycles. The second-order valence-electron chi connectivity index (χ2n) is 11.2. The van der Waals surface area contributed by atoms with Gasteiger partial charge in [0.1, 0.15) is 11.8 Å². The first kappa shape index (κ1) is 29.5. The van der Waals surface area contributed by atoms with E-state index in [2.05, 4.69) is 60.9 Å². The topological polar surface area (TPSA) is 108 Å². The standard InChI is InChI=1S/C34H36ClN9/c1-2-30(24-10-4-3-5-11-24)40-32-26(20-36)22-38-34-28(32)18-27(19-29(34)35)39-33(25-12-8-13-37-21-25)31-23-44(42-41-31)17-9-16-43-14-6-7-15-43/h3-5,8,10-13,18-19,21-23,30,33,39H,2,6-7,9,14-17H2,1H3,(H,38,40)/t30-,33+/m1/s1. The Morgan fingerprint density at radius 1 is 1.00 bits per heavy atom. The van der Waals surface area contributed by atoms with Gasteiger partial charge in [-0.2, -0.15) is 5.26 Å². The molecule has 0 bridgehead atoms. The zero-order chi connectivity index (χ0) is 30.3. The van der Waals surface area contributed by atoms with Crippen LogP contribution in [0.2, 0.25) is 5.02 Å². The zero-order valence-corrected chi connectivity index (χ0v) is 25.6. The Kier molecular flexibility index (Phi) is 9.30. The van der Waals surface area contributed by atoms with Gasteiger partial charge in [0.2, 0.25) is 0 Å². The molecule has 1 aliphatic rings. The number of nitrogens with zero attached hydrogens (tertiary/aromatic N) is 7. The minimum absolute atomic E-state index is 0.00735. The molecule has 9 nitrogen and oxygen atoms in total. The van der Waals surface area contributed by atoms with Gasteiger partial charge in [-0.3, -0.25) is 14.6 Å². The highest BCUT2D eigenvalue weighted by atomic mass is 35.5. The van der Waals surface area contributed by atoms with Gasteiger partial charge in [-0.05, 0) is 74.6 Å². The first-order valence-electron chi connectivity index (χ1n) is 15.3. The molecule has 2 aromatic carbocycles. The van der Waals surface area contributed by atoms with E-state index in [0.29, 0.717) is 21.8 Å². The van der Waals surface area contributed by atoms with Gasteiger partial charge in [-0.25, -0.2) is 0 Å². The Labute approximate surface area is 262 Å². The van der Waals surface area contributed by atoms with Crippen molar-refractivity contribution >= 4 is 33.9 Å². The Morgan fingerprint density at radius 2 is 1.82 bits per heavy atom. The minimum atomic E-state index is -0.319. The van der Waals surface area contributed by atoms with Crippen LogP contribution in [0.15, 0.2) is 79.4 Å². The van der Waals surface area contributed by atoms with Crippen LogP contribution in [-0.4, -0.2) is 49.5 Å². The highest BCUT2D eigenvalue weighted by Crippen LogP contribution is 2.37. The third kappa shape index (κ3) is 6.67. The number of nitriles is 1. The number of likely N-dealkylation sites (tertiary alicyclic amines) is 1. The van der Waals surface area contributed by atoms with Gasteiger partial charge in [0.15, 0.2) is 0 Å². The molecule has 10 heteroatoms. The van der Waals surface area contributed by atoms with Crippen molar-refractivity contribution in [3.63, 3.8) is 0 Å². The molecular weight excluding hydrogens is 570 g/mol. The Bertz CT molecular complexity index is 1730. The van der Waals surface area contributed by atoms with Gasteiger partial charge >= 0.3 is 0 Å². The van der Waals surface area contributed by atoms with Crippen LogP contribution in [0, 0.1) is 11.3 Å². The number of benzene rings is 2. The lowest BCUT2D eigenvalue weighted by Crippen LogP contribution is -2.21. The lowest BCUT2D eigenvalue weighted by atomic mass is 10.0. The molecule has 44 heavy (non-hydrogen) atoms. The number of anilines is 2. The van der Waals surface area contributed by atoms with Gasteiger partial charge in [0, 0.05) is 36.2 Å². The van der Waals surface area contributed by atoms with Crippen LogP contribution in [0.4, 0.5) is 11.4 Å². The van der Waals surface area contributed by atoms with E-state index in [4.69, 9.17) is 11.6 Å². The van der Waals surface area contributed by atoms with Crippen LogP contribution in [0.3, 0.4) is 0 Å². The van der Waals surface area contributed by atoms with Crippen LogP contribution >= 0.6 is 11.6 Å². The van der Waals surface area contributed by atoms with Crippen molar-refractivity contribution in [1.82, 2.24) is 29.9 Å². The summed E-state index contributed by atoms with van der Waals surface area (Å²) >= 11 is 6.85. The van der Waals surface area contributed by atoms with Crippen LogP contribution in [0.25, 0.3) is 10.9 Å². The number of hydrogen-bond donors (Lipinski definition) is 2. The molecule has 0 radical (unpaired) electrons. The number of rotatable bonds is 12. The van der Waals surface area contributed by atoms with Crippen molar-refractivity contribution in [3.8, 4) is 6.07 Å². The smallest absolute Gasteiger partial charge is 0.110 e. The molecule has 2 atom stereocenters. The normalized spacial score (nSPS) is 14.8. The van der Waals surface area contributed by atoms with Crippen LogP contribution in [0.5, 0.6) is 0 Å². The number of aromatic nitrogens is 5. The van der Waals surface area contributed by atoms with E-state index in [1.54, 1.807) is 12.4 Å². The van der Waals surface area contributed by atoms with Crippen molar-refractivity contribution in [2.24, 2.45) is 0 Å². The Balaban J connectivity index is 1.32. The quantitative estimate of drug-likeness (QED) is 0.157. The fourth-order valence-electron chi connectivity index (χ4n) is 5.92. The molecule has 0 spiro atoms. The summed E-state index contributed by atoms with van der Waals surface area (Å²) in [7, 11) is 0. The highest BCUT2D eigenvalue weighted by molar-refractivity contribution is 6.35. The molecule has 1 aliphatic heterocycles. The van der Waals surface area contributed by atoms with Crippen molar-refractivity contribution in [3.05, 3.63) is 107 Å². The van der Waals surface area contributed by atoms with Crippen LogP contribution < -0.4 is 10.6 Å². The van der Waals surface area contributed by atoms with Gasteiger partial charge in [0.25, 0.3) is 0 Å². The molecule has 2 N–H and O–H groups in total. The van der Waals surface area contributed by atoms with Crippen molar-refractivity contribution in [2.75, 3.05) is 30.3 Å². The van der Waals surface area contributed by atoms with Gasteiger partial charge in [-0.15, -0.1) is 5.10 Å². The molecule has 3 aromatic heterocycles. The maximum absolute atomic E-state index is 10.0. The summed E-state index contributed by atoms with van der Waals surface area (Å²) < 4.78 is 1.92. The minimum Gasteiger partial charge on any atom is -0.377 e. The molecule has 0 unspecified atom stereocenters. The summed E-state index contributed by atoms with van der Waals surface area (Å²) in [5.74, 6) is 0. The van der Waals surface area contributed by atoms with Gasteiger partial charge in [0.05, 0.1) is 40.1 Å². The highest BCUT2D eigenvalue weighted by Gasteiger charge is 2.21. The second-order valence-corrected chi connectivity index (χ2v) is 11.6. The fraction of sp³-hybridized carbons (Fsp3) is 0.324. The summed E-state index contributed by atoms with van der Waals surface area (Å²) in [6, 6.07) is 20.0. The monoisotopic (exact) mass is 605 g/mol.